The second-order valence-corrected chi connectivity index (χ2v) is 6.32. The van der Waals surface area contributed by atoms with Crippen LogP contribution < -0.4 is 0 Å². The third kappa shape index (κ3) is 2.56. The van der Waals surface area contributed by atoms with Crippen LogP contribution in [-0.2, 0) is 9.53 Å². The van der Waals surface area contributed by atoms with Gasteiger partial charge in [0.15, 0.2) is 0 Å². The molecule has 0 amide bonds. The molecule has 0 saturated heterocycles. The van der Waals surface area contributed by atoms with Crippen LogP contribution in [-0.4, -0.2) is 24.3 Å². The standard InChI is InChI=1S/C15H26O3/c1-9-4-6-13(10(2)15(17)18-3)14-8-11(16)5-7-12(9)14/h9-14,16H,4-8H2,1-3H3/t9-,10+,11+,12+,13+,14+/m1/s1. The minimum atomic E-state index is -0.163. The SMILES string of the molecule is COC(=O)[C@@H](C)[C@@H]1CC[C@@H](C)[C@@H]2CC[C@H](O)C[C@@H]21. The zero-order valence-electron chi connectivity index (χ0n) is 11.8. The van der Waals surface area contributed by atoms with Crippen molar-refractivity contribution in [3.05, 3.63) is 0 Å². The van der Waals surface area contributed by atoms with Gasteiger partial charge in [-0.3, -0.25) is 4.79 Å². The van der Waals surface area contributed by atoms with Gasteiger partial charge >= 0.3 is 5.97 Å². The molecule has 2 fully saturated rings. The van der Waals surface area contributed by atoms with Crippen molar-refractivity contribution < 1.29 is 14.6 Å². The average Bonchev–Trinajstić information content (AvgIpc) is 2.37. The molecule has 0 aromatic carbocycles. The highest BCUT2D eigenvalue weighted by Gasteiger charge is 2.44. The molecule has 3 heteroatoms. The Labute approximate surface area is 110 Å². The summed E-state index contributed by atoms with van der Waals surface area (Å²) in [6.45, 7) is 4.32. The number of ether oxygens (including phenoxy) is 1. The Morgan fingerprint density at radius 1 is 1.22 bits per heavy atom. The summed E-state index contributed by atoms with van der Waals surface area (Å²) in [6, 6.07) is 0. The summed E-state index contributed by atoms with van der Waals surface area (Å²) in [5, 5.41) is 9.91. The van der Waals surface area contributed by atoms with E-state index >= 15 is 0 Å². The van der Waals surface area contributed by atoms with Crippen molar-refractivity contribution in [2.24, 2.45) is 29.6 Å². The van der Waals surface area contributed by atoms with Gasteiger partial charge in [-0.2, -0.15) is 0 Å². The van der Waals surface area contributed by atoms with Crippen LogP contribution in [0.3, 0.4) is 0 Å². The Hall–Kier alpha value is -0.570. The lowest BCUT2D eigenvalue weighted by molar-refractivity contribution is -0.150. The molecule has 2 saturated carbocycles. The largest absolute Gasteiger partial charge is 0.469 e. The highest BCUT2D eigenvalue weighted by Crippen LogP contribution is 2.49. The van der Waals surface area contributed by atoms with E-state index in [0.29, 0.717) is 17.8 Å². The van der Waals surface area contributed by atoms with Crippen LogP contribution in [0.25, 0.3) is 0 Å². The molecule has 0 heterocycles. The van der Waals surface area contributed by atoms with Gasteiger partial charge in [-0.15, -0.1) is 0 Å². The van der Waals surface area contributed by atoms with Crippen molar-refractivity contribution in [3.8, 4) is 0 Å². The van der Waals surface area contributed by atoms with Crippen LogP contribution >= 0.6 is 0 Å². The highest BCUT2D eigenvalue weighted by molar-refractivity contribution is 5.72. The summed E-state index contributed by atoms with van der Waals surface area (Å²) < 4.78 is 4.90. The second kappa shape index (κ2) is 5.60. The number of carbonyl (C=O) groups is 1. The number of hydrogen-bond acceptors (Lipinski definition) is 3. The molecule has 18 heavy (non-hydrogen) atoms. The van der Waals surface area contributed by atoms with Crippen molar-refractivity contribution in [1.29, 1.82) is 0 Å². The van der Waals surface area contributed by atoms with E-state index in [4.69, 9.17) is 4.74 Å². The molecule has 0 aliphatic heterocycles. The van der Waals surface area contributed by atoms with Crippen molar-refractivity contribution in [2.75, 3.05) is 7.11 Å². The summed E-state index contributed by atoms with van der Waals surface area (Å²) in [5.41, 5.74) is 0. The van der Waals surface area contributed by atoms with Gasteiger partial charge in [0.1, 0.15) is 0 Å². The molecule has 1 N–H and O–H groups in total. The number of carbonyl (C=O) groups excluding carboxylic acids is 1. The predicted octanol–water partition coefficient (Wildman–Crippen LogP) is 2.62. The van der Waals surface area contributed by atoms with E-state index in [1.54, 1.807) is 0 Å². The van der Waals surface area contributed by atoms with Crippen LogP contribution in [0.1, 0.15) is 46.0 Å². The van der Waals surface area contributed by atoms with Crippen molar-refractivity contribution >= 4 is 5.97 Å². The van der Waals surface area contributed by atoms with Crippen LogP contribution in [0.15, 0.2) is 0 Å². The Bertz CT molecular complexity index is 302. The maximum atomic E-state index is 11.8. The number of esters is 1. The predicted molar refractivity (Wildman–Crippen MR) is 69.9 cm³/mol. The lowest BCUT2D eigenvalue weighted by Crippen LogP contribution is -2.43. The molecule has 3 nitrogen and oxygen atoms in total. The molecule has 0 spiro atoms. The Morgan fingerprint density at radius 2 is 1.94 bits per heavy atom. The van der Waals surface area contributed by atoms with Gasteiger partial charge < -0.3 is 9.84 Å². The molecule has 0 unspecified atom stereocenters. The molecule has 2 aliphatic carbocycles. The lowest BCUT2D eigenvalue weighted by Gasteiger charge is -2.47. The first-order chi connectivity index (χ1) is 8.54. The fourth-order valence-corrected chi connectivity index (χ4v) is 4.27. The molecule has 104 valence electrons. The van der Waals surface area contributed by atoms with Gasteiger partial charge in [-0.25, -0.2) is 0 Å². The second-order valence-electron chi connectivity index (χ2n) is 6.32. The van der Waals surface area contributed by atoms with Crippen molar-refractivity contribution in [2.45, 2.75) is 52.1 Å². The Kier molecular flexibility index (Phi) is 4.31. The van der Waals surface area contributed by atoms with Gasteiger partial charge in [0, 0.05) is 0 Å². The van der Waals surface area contributed by atoms with Gasteiger partial charge in [-0.05, 0) is 49.4 Å². The number of aliphatic hydroxyl groups is 1. The van der Waals surface area contributed by atoms with Gasteiger partial charge in [0.2, 0.25) is 0 Å². The molecule has 6 atom stereocenters. The van der Waals surface area contributed by atoms with E-state index in [1.165, 1.54) is 13.5 Å². The summed E-state index contributed by atoms with van der Waals surface area (Å²) in [5.74, 6) is 2.22. The number of hydrogen-bond donors (Lipinski definition) is 1. The Balaban J connectivity index is 2.12. The van der Waals surface area contributed by atoms with E-state index in [0.717, 1.165) is 31.6 Å². The third-order valence-corrected chi connectivity index (χ3v) is 5.38. The van der Waals surface area contributed by atoms with E-state index in [9.17, 15) is 9.90 Å². The molecule has 0 bridgehead atoms. The van der Waals surface area contributed by atoms with Crippen LogP contribution in [0.4, 0.5) is 0 Å². The fourth-order valence-electron chi connectivity index (χ4n) is 4.27. The van der Waals surface area contributed by atoms with Crippen LogP contribution in [0.5, 0.6) is 0 Å². The van der Waals surface area contributed by atoms with Crippen molar-refractivity contribution in [3.63, 3.8) is 0 Å². The summed E-state index contributed by atoms with van der Waals surface area (Å²) in [4.78, 5) is 11.8. The zero-order chi connectivity index (χ0) is 13.3. The topological polar surface area (TPSA) is 46.5 Å². The van der Waals surface area contributed by atoms with Gasteiger partial charge in [0.25, 0.3) is 0 Å². The zero-order valence-corrected chi connectivity index (χ0v) is 11.8. The van der Waals surface area contributed by atoms with Crippen molar-refractivity contribution in [1.82, 2.24) is 0 Å². The highest BCUT2D eigenvalue weighted by atomic mass is 16.5. The summed E-state index contributed by atoms with van der Waals surface area (Å²) in [6.07, 6.45) is 5.08. The smallest absolute Gasteiger partial charge is 0.308 e. The normalized spacial score (nSPS) is 41.9. The van der Waals surface area contributed by atoms with Gasteiger partial charge in [0.05, 0.1) is 19.1 Å². The average molecular weight is 254 g/mol. The minimum Gasteiger partial charge on any atom is -0.469 e. The van der Waals surface area contributed by atoms with E-state index in [-0.39, 0.29) is 18.0 Å². The van der Waals surface area contributed by atoms with Gasteiger partial charge in [-0.1, -0.05) is 20.3 Å². The monoisotopic (exact) mass is 254 g/mol. The lowest BCUT2D eigenvalue weighted by atomic mass is 9.58. The molecule has 2 aliphatic rings. The first-order valence-electron chi connectivity index (χ1n) is 7.30. The van der Waals surface area contributed by atoms with Crippen LogP contribution in [0.2, 0.25) is 0 Å². The minimum absolute atomic E-state index is 0.0275. The van der Waals surface area contributed by atoms with E-state index in [1.807, 2.05) is 6.92 Å². The first-order valence-corrected chi connectivity index (χ1v) is 7.30. The Morgan fingerprint density at radius 3 is 2.61 bits per heavy atom. The molecule has 0 aromatic heterocycles. The van der Waals surface area contributed by atoms with E-state index < -0.39 is 0 Å². The molecular formula is C15H26O3. The number of rotatable bonds is 2. The summed E-state index contributed by atoms with van der Waals surface area (Å²) >= 11 is 0. The fraction of sp³-hybridized carbons (Fsp3) is 0.933. The summed E-state index contributed by atoms with van der Waals surface area (Å²) in [7, 11) is 1.47. The quantitative estimate of drug-likeness (QED) is 0.771. The molecule has 0 radical (unpaired) electrons. The number of aliphatic hydroxyl groups excluding tert-OH is 1. The molecule has 2 rings (SSSR count). The molecular weight excluding hydrogens is 228 g/mol. The number of methoxy groups -OCH3 is 1. The molecule has 0 aromatic rings. The first kappa shape index (κ1) is 13.9. The maximum Gasteiger partial charge on any atom is 0.308 e. The van der Waals surface area contributed by atoms with E-state index in [2.05, 4.69) is 6.92 Å². The maximum absolute atomic E-state index is 11.8. The number of fused-ring (bicyclic) bond motifs is 1. The third-order valence-electron chi connectivity index (χ3n) is 5.38. The van der Waals surface area contributed by atoms with Crippen LogP contribution in [0, 0.1) is 29.6 Å².